The second-order valence-corrected chi connectivity index (χ2v) is 8.40. The number of hydrogen-bond acceptors (Lipinski definition) is 3. The molecule has 0 bridgehead atoms. The molecule has 0 aromatic heterocycles. The van der Waals surface area contributed by atoms with E-state index in [1.165, 1.54) is 6.07 Å². The minimum atomic E-state index is -4.55. The molecule has 0 saturated carbocycles. The van der Waals surface area contributed by atoms with Crippen LogP contribution in [0.1, 0.15) is 58.4 Å². The van der Waals surface area contributed by atoms with E-state index in [-0.39, 0.29) is 17.1 Å². The average Bonchev–Trinajstić information content (AvgIpc) is 2.74. The Balaban J connectivity index is 2.30. The largest absolute Gasteiger partial charge is 0.775 e. The van der Waals surface area contributed by atoms with Gasteiger partial charge in [-0.2, -0.15) is 4.58 Å². The van der Waals surface area contributed by atoms with Crippen LogP contribution in [0.5, 0.6) is 0 Å². The molecule has 0 radical (unpaired) electrons. The van der Waals surface area contributed by atoms with Gasteiger partial charge in [0.2, 0.25) is 5.69 Å². The second-order valence-electron chi connectivity index (χ2n) is 6.84. The van der Waals surface area contributed by atoms with Crippen LogP contribution in [-0.4, -0.2) is 32.8 Å². The van der Waals surface area contributed by atoms with E-state index in [1.54, 1.807) is 12.1 Å². The van der Waals surface area contributed by atoms with E-state index in [1.807, 2.05) is 6.92 Å². The summed E-state index contributed by atoms with van der Waals surface area (Å²) in [6.07, 6.45) is 3.29. The van der Waals surface area contributed by atoms with Gasteiger partial charge < -0.3 is 19.5 Å². The first-order valence-electron chi connectivity index (χ1n) is 8.63. The summed E-state index contributed by atoms with van der Waals surface area (Å²) < 4.78 is 13.7. The Morgan fingerprint density at radius 2 is 2.00 bits per heavy atom. The van der Waals surface area contributed by atoms with Gasteiger partial charge in [0.1, 0.15) is 6.54 Å². The number of carbonyl (C=O) groups is 1. The lowest BCUT2D eigenvalue weighted by Crippen LogP contribution is -2.31. The number of aliphatic carboxylic acids is 1. The predicted molar refractivity (Wildman–Crippen MR) is 95.1 cm³/mol. The fourth-order valence-corrected chi connectivity index (χ4v) is 4.26. The molecule has 25 heavy (non-hydrogen) atoms. The van der Waals surface area contributed by atoms with Crippen LogP contribution in [0.4, 0.5) is 5.69 Å². The molecular weight excluding hydrogens is 341 g/mol. The van der Waals surface area contributed by atoms with Gasteiger partial charge in [0, 0.05) is 30.3 Å². The summed E-state index contributed by atoms with van der Waals surface area (Å²) in [5, 5.41) is 8.67. The van der Waals surface area contributed by atoms with Gasteiger partial charge in [-0.1, -0.05) is 12.8 Å². The van der Waals surface area contributed by atoms with Gasteiger partial charge >= 0.3 is 5.97 Å². The van der Waals surface area contributed by atoms with Crippen molar-refractivity contribution in [1.29, 1.82) is 0 Å². The topological polar surface area (TPSA) is 101 Å². The molecule has 1 aliphatic rings. The van der Waals surface area contributed by atoms with E-state index in [4.69, 9.17) is 5.11 Å². The van der Waals surface area contributed by atoms with Gasteiger partial charge in [0.25, 0.3) is 0 Å². The summed E-state index contributed by atoms with van der Waals surface area (Å²) in [5.41, 5.74) is 2.72. The Morgan fingerprint density at radius 1 is 1.32 bits per heavy atom. The molecular formula is C18H26NO5P. The molecule has 2 unspecified atom stereocenters. The molecule has 1 heterocycles. The number of hydrogen-bond donors (Lipinski definition) is 2. The lowest BCUT2D eigenvalue weighted by molar-refractivity contribution is -0.434. The zero-order valence-electron chi connectivity index (χ0n) is 15.0. The Labute approximate surface area is 148 Å². The third-order valence-electron chi connectivity index (χ3n) is 5.28. The summed E-state index contributed by atoms with van der Waals surface area (Å²) in [5.74, 6) is -0.781. The number of fused-ring (bicyclic) bond motifs is 1. The quantitative estimate of drug-likeness (QED) is 0.417. The highest BCUT2D eigenvalue weighted by molar-refractivity contribution is 7.58. The number of nitrogens with zero attached hydrogens (tertiary/aromatic N) is 1. The van der Waals surface area contributed by atoms with E-state index in [0.717, 1.165) is 42.8 Å². The molecule has 0 aliphatic carbocycles. The van der Waals surface area contributed by atoms with E-state index < -0.39 is 13.6 Å². The third kappa shape index (κ3) is 4.02. The van der Waals surface area contributed by atoms with Gasteiger partial charge in [-0.3, -0.25) is 4.79 Å². The fraction of sp³-hybridized carbons (Fsp3) is 0.556. The van der Waals surface area contributed by atoms with Crippen LogP contribution in [0.15, 0.2) is 18.2 Å². The van der Waals surface area contributed by atoms with Crippen molar-refractivity contribution in [3.8, 4) is 0 Å². The van der Waals surface area contributed by atoms with Gasteiger partial charge in [0.15, 0.2) is 13.3 Å². The summed E-state index contributed by atoms with van der Waals surface area (Å²) in [4.78, 5) is 31.6. The minimum Gasteiger partial charge on any atom is -0.775 e. The van der Waals surface area contributed by atoms with Crippen molar-refractivity contribution < 1.29 is 28.8 Å². The first-order chi connectivity index (χ1) is 11.6. The lowest BCUT2D eigenvalue weighted by atomic mass is 9.76. The Bertz CT molecular complexity index is 752. The highest BCUT2D eigenvalue weighted by Gasteiger charge is 2.45. The van der Waals surface area contributed by atoms with E-state index in [0.29, 0.717) is 6.42 Å². The van der Waals surface area contributed by atoms with Crippen molar-refractivity contribution >= 4 is 30.3 Å². The zero-order valence-corrected chi connectivity index (χ0v) is 15.9. The first kappa shape index (κ1) is 19.8. The van der Waals surface area contributed by atoms with Crippen LogP contribution in [0, 0.1) is 0 Å². The van der Waals surface area contributed by atoms with Gasteiger partial charge in [0.05, 0.1) is 5.41 Å². The number of rotatable bonds is 8. The second kappa shape index (κ2) is 7.40. The first-order valence-corrected chi connectivity index (χ1v) is 10.2. The van der Waals surface area contributed by atoms with E-state index >= 15 is 0 Å². The summed E-state index contributed by atoms with van der Waals surface area (Å²) in [6.45, 7) is 6.96. The summed E-state index contributed by atoms with van der Waals surface area (Å²) in [6, 6.07) is 4.79. The normalized spacial score (nSPS) is 22.0. The van der Waals surface area contributed by atoms with Crippen LogP contribution in [-0.2, 0) is 14.8 Å². The number of carboxylic acids is 1. The SMILES string of the molecule is CC[N+]1=C(C)C(C)(CCCCCC(=O)O)c2cc(P(=O)([O-])O)ccc21. The monoisotopic (exact) mass is 367 g/mol. The highest BCUT2D eigenvalue weighted by Crippen LogP contribution is 2.44. The average molecular weight is 367 g/mol. The third-order valence-corrected chi connectivity index (χ3v) is 6.21. The van der Waals surface area contributed by atoms with Crippen LogP contribution < -0.4 is 10.2 Å². The maximum absolute atomic E-state index is 11.5. The summed E-state index contributed by atoms with van der Waals surface area (Å²) >= 11 is 0. The molecule has 138 valence electrons. The van der Waals surface area contributed by atoms with Crippen LogP contribution in [0.25, 0.3) is 0 Å². The number of carboxylic acid groups (broad SMARTS) is 1. The molecule has 1 aromatic carbocycles. The maximum atomic E-state index is 11.5. The van der Waals surface area contributed by atoms with Crippen molar-refractivity contribution in [2.24, 2.45) is 0 Å². The molecule has 1 aromatic rings. The Hall–Kier alpha value is -1.49. The van der Waals surface area contributed by atoms with Crippen molar-refractivity contribution in [3.05, 3.63) is 23.8 Å². The molecule has 2 rings (SSSR count). The molecule has 0 saturated heterocycles. The number of unbranched alkanes of at least 4 members (excludes halogenated alkanes) is 2. The standard InChI is InChI=1S/C18H26NO5P/c1-4-19-13(2)18(3,11-7-5-6-8-17(20)21)15-12-14(25(22,23)24)9-10-16(15)19/h9-10,12H,4-8,11H2,1-3H3,(H2-,20,21,22,23,24). The van der Waals surface area contributed by atoms with E-state index in [2.05, 4.69) is 18.4 Å². The van der Waals surface area contributed by atoms with Crippen molar-refractivity contribution in [2.45, 2.75) is 58.3 Å². The smallest absolute Gasteiger partial charge is 0.303 e. The summed E-state index contributed by atoms with van der Waals surface area (Å²) in [7, 11) is -4.55. The molecule has 6 nitrogen and oxygen atoms in total. The molecule has 0 fully saturated rings. The van der Waals surface area contributed by atoms with Gasteiger partial charge in [-0.25, -0.2) is 0 Å². The molecule has 2 N–H and O–H groups in total. The fourth-order valence-electron chi connectivity index (χ4n) is 3.71. The van der Waals surface area contributed by atoms with E-state index in [9.17, 15) is 19.1 Å². The predicted octanol–water partition coefficient (Wildman–Crippen LogP) is 2.29. The van der Waals surface area contributed by atoms with Crippen LogP contribution >= 0.6 is 7.60 Å². The molecule has 7 heteroatoms. The molecule has 0 amide bonds. The Kier molecular flexibility index (Phi) is 5.87. The highest BCUT2D eigenvalue weighted by atomic mass is 31.2. The van der Waals surface area contributed by atoms with Crippen LogP contribution in [0.2, 0.25) is 0 Å². The molecule has 2 atom stereocenters. The van der Waals surface area contributed by atoms with Gasteiger partial charge in [-0.15, -0.1) is 0 Å². The minimum absolute atomic E-state index is 0.0610. The van der Waals surface area contributed by atoms with Crippen LogP contribution in [0.3, 0.4) is 0 Å². The molecule has 0 spiro atoms. The Morgan fingerprint density at radius 3 is 2.56 bits per heavy atom. The van der Waals surface area contributed by atoms with Gasteiger partial charge in [-0.05, 0) is 38.8 Å². The van der Waals surface area contributed by atoms with Crippen molar-refractivity contribution in [1.82, 2.24) is 0 Å². The zero-order chi connectivity index (χ0) is 18.8. The maximum Gasteiger partial charge on any atom is 0.303 e. The van der Waals surface area contributed by atoms with Crippen molar-refractivity contribution in [2.75, 3.05) is 6.54 Å². The number of benzene rings is 1. The van der Waals surface area contributed by atoms with Crippen molar-refractivity contribution in [3.63, 3.8) is 0 Å². The lowest BCUT2D eigenvalue weighted by Gasteiger charge is -2.24. The molecule has 1 aliphatic heterocycles.